The van der Waals surface area contributed by atoms with Gasteiger partial charge in [0.2, 0.25) is 0 Å². The van der Waals surface area contributed by atoms with Gasteiger partial charge in [0.1, 0.15) is 24.2 Å². The maximum Gasteiger partial charge on any atom is 0.181 e. The molecule has 0 aliphatic carbocycles. The number of anilines is 1. The van der Waals surface area contributed by atoms with Gasteiger partial charge in [-0.1, -0.05) is 23.7 Å². The number of aromatic nitrogens is 6. The Bertz CT molecular complexity index is 1310. The van der Waals surface area contributed by atoms with Crippen LogP contribution in [0.2, 0.25) is 5.02 Å². The van der Waals surface area contributed by atoms with Crippen molar-refractivity contribution in [1.82, 2.24) is 30.2 Å². The van der Waals surface area contributed by atoms with Crippen LogP contribution in [-0.4, -0.2) is 35.3 Å². The number of tetrazole rings is 1. The lowest BCUT2D eigenvalue weighted by Crippen LogP contribution is -2.19. The van der Waals surface area contributed by atoms with Crippen molar-refractivity contribution in [3.8, 4) is 0 Å². The second-order valence-electron chi connectivity index (χ2n) is 7.00. The number of hydrogen-bond donors (Lipinski definition) is 3. The predicted molar refractivity (Wildman–Crippen MR) is 115 cm³/mol. The van der Waals surface area contributed by atoms with Gasteiger partial charge in [0, 0.05) is 10.7 Å². The average Bonchev–Trinajstić information content (AvgIpc) is 3.54. The largest absolute Gasteiger partial charge is 0.461 e. The van der Waals surface area contributed by atoms with Crippen LogP contribution < -0.4 is 5.32 Å². The number of nitrogens with one attached hydrogen (secondary N) is 2. The number of halogens is 1. The topological polar surface area (TPSA) is 118 Å². The summed E-state index contributed by atoms with van der Waals surface area (Å²) in [6.07, 6.45) is 1.65. The number of H-pyrrole nitrogens is 1. The molecule has 0 amide bonds. The Morgan fingerprint density at radius 1 is 1.13 bits per heavy atom. The van der Waals surface area contributed by atoms with E-state index in [2.05, 4.69) is 30.8 Å². The zero-order chi connectivity index (χ0) is 21.2. The zero-order valence-electron chi connectivity index (χ0n) is 16.2. The molecule has 9 nitrogen and oxygen atoms in total. The van der Waals surface area contributed by atoms with Crippen molar-refractivity contribution < 1.29 is 9.52 Å². The lowest BCUT2D eigenvalue weighted by atomic mass is 10.1. The van der Waals surface area contributed by atoms with Crippen LogP contribution in [-0.2, 0) is 13.2 Å². The molecule has 3 heterocycles. The highest BCUT2D eigenvalue weighted by Gasteiger charge is 2.25. The van der Waals surface area contributed by atoms with Gasteiger partial charge in [-0.05, 0) is 58.5 Å². The molecular formula is C21H18ClN7O2. The lowest BCUT2D eigenvalue weighted by Gasteiger charge is -2.18. The highest BCUT2D eigenvalue weighted by atomic mass is 35.5. The molecule has 1 unspecified atom stereocenters. The van der Waals surface area contributed by atoms with Gasteiger partial charge in [-0.3, -0.25) is 0 Å². The second kappa shape index (κ2) is 8.21. The minimum atomic E-state index is -0.487. The molecule has 156 valence electrons. The molecule has 3 N–H and O–H groups in total. The third kappa shape index (κ3) is 4.00. The van der Waals surface area contributed by atoms with Crippen LogP contribution >= 0.6 is 11.6 Å². The lowest BCUT2D eigenvalue weighted by molar-refractivity contribution is 0.242. The van der Waals surface area contributed by atoms with Crippen molar-refractivity contribution in [2.45, 2.75) is 19.2 Å². The number of benzene rings is 2. The third-order valence-corrected chi connectivity index (χ3v) is 5.17. The molecule has 1 atom stereocenters. The molecule has 0 fully saturated rings. The molecule has 0 aliphatic heterocycles. The molecule has 31 heavy (non-hydrogen) atoms. The molecule has 3 aromatic heterocycles. The third-order valence-electron chi connectivity index (χ3n) is 4.92. The summed E-state index contributed by atoms with van der Waals surface area (Å²) in [6, 6.07) is 16.4. The number of aliphatic hydroxyl groups excluding tert-OH is 1. The summed E-state index contributed by atoms with van der Waals surface area (Å²) in [6.45, 7) is 0.269. The first-order valence-electron chi connectivity index (χ1n) is 9.59. The monoisotopic (exact) mass is 435 g/mol. The molecule has 0 spiro atoms. The highest BCUT2D eigenvalue weighted by Crippen LogP contribution is 2.28. The van der Waals surface area contributed by atoms with E-state index in [-0.39, 0.29) is 6.61 Å². The quantitative estimate of drug-likeness (QED) is 0.358. The van der Waals surface area contributed by atoms with E-state index in [1.165, 1.54) is 0 Å². The Morgan fingerprint density at radius 2 is 2.00 bits per heavy atom. The highest BCUT2D eigenvalue weighted by molar-refractivity contribution is 6.30. The first kappa shape index (κ1) is 19.3. The van der Waals surface area contributed by atoms with Crippen molar-refractivity contribution in [2.24, 2.45) is 0 Å². The van der Waals surface area contributed by atoms with Crippen LogP contribution in [0.3, 0.4) is 0 Å². The number of imidazole rings is 1. The predicted octanol–water partition coefficient (Wildman–Crippen LogP) is 3.54. The van der Waals surface area contributed by atoms with Crippen LogP contribution in [0, 0.1) is 0 Å². The normalized spacial score (nSPS) is 12.3. The van der Waals surface area contributed by atoms with Crippen molar-refractivity contribution in [1.29, 1.82) is 0 Å². The average molecular weight is 436 g/mol. The SMILES string of the molecule is OCc1ccc(C(Nc2ccc3[nH]cnc3c2)c2nnnn2Cc2ccc(Cl)cc2)o1. The van der Waals surface area contributed by atoms with Crippen LogP contribution in [0.4, 0.5) is 5.69 Å². The van der Waals surface area contributed by atoms with E-state index in [9.17, 15) is 5.11 Å². The minimum absolute atomic E-state index is 0.193. The van der Waals surface area contributed by atoms with Crippen molar-refractivity contribution in [2.75, 3.05) is 5.32 Å². The molecule has 5 aromatic rings. The number of aromatic amines is 1. The van der Waals surface area contributed by atoms with Crippen molar-refractivity contribution in [3.63, 3.8) is 0 Å². The molecular weight excluding hydrogens is 418 g/mol. The minimum Gasteiger partial charge on any atom is -0.461 e. The van der Waals surface area contributed by atoms with E-state index in [0.717, 1.165) is 22.3 Å². The number of furan rings is 1. The van der Waals surface area contributed by atoms with Gasteiger partial charge in [0.25, 0.3) is 0 Å². The van der Waals surface area contributed by atoms with E-state index < -0.39 is 6.04 Å². The molecule has 0 saturated carbocycles. The van der Waals surface area contributed by atoms with E-state index in [1.54, 1.807) is 23.1 Å². The summed E-state index contributed by atoms with van der Waals surface area (Å²) in [5.74, 6) is 1.61. The summed E-state index contributed by atoms with van der Waals surface area (Å²) in [5.41, 5.74) is 3.60. The van der Waals surface area contributed by atoms with Gasteiger partial charge in [-0.2, -0.15) is 0 Å². The molecule has 0 aliphatic rings. The van der Waals surface area contributed by atoms with Gasteiger partial charge < -0.3 is 19.8 Å². The van der Waals surface area contributed by atoms with Crippen molar-refractivity contribution >= 4 is 28.3 Å². The Labute approximate surface area is 181 Å². The van der Waals surface area contributed by atoms with E-state index in [4.69, 9.17) is 16.0 Å². The maximum atomic E-state index is 9.44. The fourth-order valence-corrected chi connectivity index (χ4v) is 3.51. The first-order valence-corrected chi connectivity index (χ1v) is 9.97. The maximum absolute atomic E-state index is 9.44. The molecule has 0 radical (unpaired) electrons. The van der Waals surface area contributed by atoms with Crippen molar-refractivity contribution in [3.05, 3.63) is 88.9 Å². The molecule has 10 heteroatoms. The standard InChI is InChI=1S/C21H18ClN7O2/c22-14-3-1-13(2-4-14)10-29-21(26-27-28-29)20(19-8-6-16(11-30)31-19)25-15-5-7-17-18(9-15)24-12-23-17/h1-9,12,20,25,30H,10-11H2,(H,23,24). The number of nitrogens with zero attached hydrogens (tertiary/aromatic N) is 5. The van der Waals surface area contributed by atoms with Gasteiger partial charge in [-0.25, -0.2) is 9.67 Å². The Kier molecular flexibility index (Phi) is 5.11. The van der Waals surface area contributed by atoms with Gasteiger partial charge in [-0.15, -0.1) is 5.10 Å². The van der Waals surface area contributed by atoms with Crippen LogP contribution in [0.1, 0.15) is 29.0 Å². The van der Waals surface area contributed by atoms with Crippen LogP contribution in [0.5, 0.6) is 0 Å². The van der Waals surface area contributed by atoms with Gasteiger partial charge in [0.15, 0.2) is 5.82 Å². The summed E-state index contributed by atoms with van der Waals surface area (Å²) >= 11 is 6.00. The number of hydrogen-bond acceptors (Lipinski definition) is 7. The van der Waals surface area contributed by atoms with E-state index in [0.29, 0.717) is 28.9 Å². The Morgan fingerprint density at radius 3 is 2.81 bits per heavy atom. The molecule has 5 rings (SSSR count). The molecule has 0 bridgehead atoms. The van der Waals surface area contributed by atoms with E-state index >= 15 is 0 Å². The van der Waals surface area contributed by atoms with Gasteiger partial charge in [0.05, 0.1) is 23.9 Å². The van der Waals surface area contributed by atoms with Crippen LogP contribution in [0.25, 0.3) is 11.0 Å². The molecule has 2 aromatic carbocycles. The fourth-order valence-electron chi connectivity index (χ4n) is 3.38. The summed E-state index contributed by atoms with van der Waals surface area (Å²) < 4.78 is 7.53. The zero-order valence-corrected chi connectivity index (χ0v) is 17.0. The number of fused-ring (bicyclic) bond motifs is 1. The second-order valence-corrected chi connectivity index (χ2v) is 7.43. The van der Waals surface area contributed by atoms with Crippen LogP contribution in [0.15, 0.2) is 65.3 Å². The fraction of sp³-hybridized carbons (Fsp3) is 0.143. The van der Waals surface area contributed by atoms with E-state index in [1.807, 2.05) is 42.5 Å². The smallest absolute Gasteiger partial charge is 0.181 e. The van der Waals surface area contributed by atoms with Gasteiger partial charge >= 0.3 is 0 Å². The summed E-state index contributed by atoms with van der Waals surface area (Å²) in [7, 11) is 0. The first-order chi connectivity index (χ1) is 15.2. The summed E-state index contributed by atoms with van der Waals surface area (Å²) in [5, 5.41) is 25.8. The molecule has 0 saturated heterocycles. The Hall–Kier alpha value is -3.69. The number of aliphatic hydroxyl groups is 1. The Balaban J connectivity index is 1.51. The summed E-state index contributed by atoms with van der Waals surface area (Å²) in [4.78, 5) is 7.39. The number of rotatable bonds is 7.